The molecule has 0 bridgehead atoms. The molecular weight excluding hydrogens is 274 g/mol. The third-order valence-electron chi connectivity index (χ3n) is 5.09. The summed E-state index contributed by atoms with van der Waals surface area (Å²) in [5.74, 6) is 0.382. The second kappa shape index (κ2) is 5.59. The third kappa shape index (κ3) is 2.32. The molecular formula is C18H21N3O. The highest BCUT2D eigenvalue weighted by molar-refractivity contribution is 5.85. The average molecular weight is 295 g/mol. The van der Waals surface area contributed by atoms with Crippen LogP contribution < -0.4 is 0 Å². The van der Waals surface area contributed by atoms with Gasteiger partial charge in [-0.05, 0) is 36.8 Å². The van der Waals surface area contributed by atoms with Crippen molar-refractivity contribution in [2.24, 2.45) is 0 Å². The minimum Gasteiger partial charge on any atom is -0.340 e. The molecule has 0 N–H and O–H groups in total. The maximum atomic E-state index is 13.0. The average Bonchev–Trinajstić information content (AvgIpc) is 3.24. The lowest BCUT2D eigenvalue weighted by Crippen LogP contribution is -2.42. The molecule has 1 saturated heterocycles. The number of hydrogen-bond donors (Lipinski definition) is 0. The second-order valence-corrected chi connectivity index (χ2v) is 6.38. The fourth-order valence-electron chi connectivity index (χ4n) is 3.92. The monoisotopic (exact) mass is 295 g/mol. The van der Waals surface area contributed by atoms with Crippen molar-refractivity contribution in [1.29, 1.82) is 0 Å². The fourth-order valence-corrected chi connectivity index (χ4v) is 3.92. The summed E-state index contributed by atoms with van der Waals surface area (Å²) in [6.45, 7) is 1.70. The van der Waals surface area contributed by atoms with Crippen molar-refractivity contribution in [3.8, 4) is 0 Å². The summed E-state index contributed by atoms with van der Waals surface area (Å²) in [6, 6.07) is 8.78. The topological polar surface area (TPSA) is 38.1 Å². The van der Waals surface area contributed by atoms with E-state index in [2.05, 4.69) is 38.7 Å². The zero-order valence-electron chi connectivity index (χ0n) is 12.7. The van der Waals surface area contributed by atoms with Gasteiger partial charge in [0.05, 0.1) is 18.3 Å². The Morgan fingerprint density at radius 3 is 3.00 bits per heavy atom. The zero-order chi connectivity index (χ0) is 14.9. The van der Waals surface area contributed by atoms with Crippen LogP contribution in [-0.4, -0.2) is 33.4 Å². The van der Waals surface area contributed by atoms with Crippen molar-refractivity contribution in [2.75, 3.05) is 13.1 Å². The van der Waals surface area contributed by atoms with E-state index in [1.807, 2.05) is 18.7 Å². The lowest BCUT2D eigenvalue weighted by Gasteiger charge is -2.35. The number of hydrogen-bond acceptors (Lipinski definition) is 2. The van der Waals surface area contributed by atoms with E-state index < -0.39 is 0 Å². The zero-order valence-corrected chi connectivity index (χ0v) is 12.7. The minimum atomic E-state index is 0.0673. The molecule has 114 valence electrons. The Morgan fingerprint density at radius 2 is 2.14 bits per heavy atom. The van der Waals surface area contributed by atoms with E-state index in [4.69, 9.17) is 0 Å². The standard InChI is InChI=1S/C18H21N3O/c22-18(17-8-7-14-4-1-2-6-16(14)17)20-10-3-5-15(12-20)21-11-9-19-13-21/h1-2,4,6,9,11,13,15,17H,3,5,7-8,10,12H2/t15-,17+/m1/s1. The van der Waals surface area contributed by atoms with Gasteiger partial charge in [-0.2, -0.15) is 0 Å². The highest BCUT2D eigenvalue weighted by Crippen LogP contribution is 2.35. The van der Waals surface area contributed by atoms with Crippen molar-refractivity contribution in [1.82, 2.24) is 14.5 Å². The Hall–Kier alpha value is -2.10. The van der Waals surface area contributed by atoms with Crippen molar-refractivity contribution >= 4 is 5.91 Å². The molecule has 4 rings (SSSR count). The number of carbonyl (C=O) groups excluding carboxylic acids is 1. The number of amides is 1. The van der Waals surface area contributed by atoms with E-state index in [9.17, 15) is 4.79 Å². The molecule has 1 aliphatic heterocycles. The maximum Gasteiger partial charge on any atom is 0.230 e. The van der Waals surface area contributed by atoms with Gasteiger partial charge in [-0.3, -0.25) is 4.79 Å². The van der Waals surface area contributed by atoms with E-state index in [1.54, 1.807) is 0 Å². The molecule has 2 aliphatic rings. The molecule has 1 aromatic carbocycles. The van der Waals surface area contributed by atoms with Crippen LogP contribution in [0.1, 0.15) is 42.3 Å². The number of nitrogens with zero attached hydrogens (tertiary/aromatic N) is 3. The van der Waals surface area contributed by atoms with Crippen molar-refractivity contribution in [2.45, 2.75) is 37.6 Å². The number of aromatic nitrogens is 2. The van der Waals surface area contributed by atoms with Crippen molar-refractivity contribution in [3.63, 3.8) is 0 Å². The maximum absolute atomic E-state index is 13.0. The van der Waals surface area contributed by atoms with E-state index in [-0.39, 0.29) is 5.92 Å². The highest BCUT2D eigenvalue weighted by Gasteiger charge is 2.33. The summed E-state index contributed by atoms with van der Waals surface area (Å²) in [6.07, 6.45) is 9.88. The molecule has 2 aromatic rings. The van der Waals surface area contributed by atoms with Gasteiger partial charge in [-0.1, -0.05) is 24.3 Å². The van der Waals surface area contributed by atoms with Gasteiger partial charge >= 0.3 is 0 Å². The summed E-state index contributed by atoms with van der Waals surface area (Å²) in [5.41, 5.74) is 2.60. The van der Waals surface area contributed by atoms with E-state index >= 15 is 0 Å². The Kier molecular flexibility index (Phi) is 3.45. The lowest BCUT2D eigenvalue weighted by atomic mass is 9.97. The van der Waals surface area contributed by atoms with Crippen LogP contribution in [0.2, 0.25) is 0 Å². The number of fused-ring (bicyclic) bond motifs is 1. The van der Waals surface area contributed by atoms with Gasteiger partial charge in [0.15, 0.2) is 0 Å². The van der Waals surface area contributed by atoms with Crippen molar-refractivity contribution in [3.05, 3.63) is 54.1 Å². The molecule has 1 amide bonds. The summed E-state index contributed by atoms with van der Waals surface area (Å²) < 4.78 is 2.14. The van der Waals surface area contributed by atoms with Crippen LogP contribution in [0.5, 0.6) is 0 Å². The Balaban J connectivity index is 1.51. The quantitative estimate of drug-likeness (QED) is 0.854. The Morgan fingerprint density at radius 1 is 1.23 bits per heavy atom. The molecule has 2 atom stereocenters. The molecule has 0 unspecified atom stereocenters. The van der Waals surface area contributed by atoms with Gasteiger partial charge in [0, 0.05) is 25.5 Å². The number of rotatable bonds is 2. The van der Waals surface area contributed by atoms with Gasteiger partial charge < -0.3 is 9.47 Å². The fraction of sp³-hybridized carbons (Fsp3) is 0.444. The van der Waals surface area contributed by atoms with Crippen LogP contribution in [0.25, 0.3) is 0 Å². The number of likely N-dealkylation sites (tertiary alicyclic amines) is 1. The molecule has 0 saturated carbocycles. The molecule has 4 nitrogen and oxygen atoms in total. The van der Waals surface area contributed by atoms with Crippen molar-refractivity contribution < 1.29 is 4.79 Å². The molecule has 1 fully saturated rings. The van der Waals surface area contributed by atoms with Gasteiger partial charge in [-0.25, -0.2) is 4.98 Å². The first-order chi connectivity index (χ1) is 10.8. The molecule has 1 aliphatic carbocycles. The molecule has 2 heterocycles. The lowest BCUT2D eigenvalue weighted by molar-refractivity contribution is -0.134. The number of benzene rings is 1. The normalized spacial score (nSPS) is 24.3. The first-order valence-corrected chi connectivity index (χ1v) is 8.17. The molecule has 4 heteroatoms. The summed E-state index contributed by atoms with van der Waals surface area (Å²) in [7, 11) is 0. The smallest absolute Gasteiger partial charge is 0.230 e. The molecule has 0 spiro atoms. The van der Waals surface area contributed by atoms with Crippen LogP contribution in [0.4, 0.5) is 0 Å². The summed E-state index contributed by atoms with van der Waals surface area (Å²) in [4.78, 5) is 19.2. The van der Waals surface area contributed by atoms with Gasteiger partial charge in [0.25, 0.3) is 0 Å². The number of imidazole rings is 1. The van der Waals surface area contributed by atoms with Gasteiger partial charge in [0.1, 0.15) is 0 Å². The van der Waals surface area contributed by atoms with E-state index in [1.165, 1.54) is 11.1 Å². The van der Waals surface area contributed by atoms with Crippen LogP contribution in [0.15, 0.2) is 43.0 Å². The number of piperidine rings is 1. The van der Waals surface area contributed by atoms with E-state index in [0.717, 1.165) is 38.8 Å². The van der Waals surface area contributed by atoms with Gasteiger partial charge in [-0.15, -0.1) is 0 Å². The molecule has 22 heavy (non-hydrogen) atoms. The summed E-state index contributed by atoms with van der Waals surface area (Å²) >= 11 is 0. The van der Waals surface area contributed by atoms with E-state index in [0.29, 0.717) is 11.9 Å². The van der Waals surface area contributed by atoms with Crippen LogP contribution in [-0.2, 0) is 11.2 Å². The number of aryl methyl sites for hydroxylation is 1. The predicted molar refractivity (Wildman–Crippen MR) is 84.6 cm³/mol. The Labute approximate surface area is 130 Å². The first-order valence-electron chi connectivity index (χ1n) is 8.17. The number of carbonyl (C=O) groups is 1. The molecule has 1 aromatic heterocycles. The third-order valence-corrected chi connectivity index (χ3v) is 5.09. The second-order valence-electron chi connectivity index (χ2n) is 6.38. The first kappa shape index (κ1) is 13.6. The van der Waals surface area contributed by atoms with Gasteiger partial charge in [0.2, 0.25) is 5.91 Å². The Bertz CT molecular complexity index is 665. The van der Waals surface area contributed by atoms with Crippen LogP contribution in [0, 0.1) is 0 Å². The largest absolute Gasteiger partial charge is 0.340 e. The SMILES string of the molecule is O=C([C@H]1CCc2ccccc21)N1CCC[C@@H](n2ccnc2)C1. The molecule has 0 radical (unpaired) electrons. The predicted octanol–water partition coefficient (Wildman–Crippen LogP) is 2.78. The minimum absolute atomic E-state index is 0.0673. The highest BCUT2D eigenvalue weighted by atomic mass is 16.2. The van der Waals surface area contributed by atoms with Crippen LogP contribution >= 0.6 is 0 Å². The van der Waals surface area contributed by atoms with Crippen LogP contribution in [0.3, 0.4) is 0 Å². The summed E-state index contributed by atoms with van der Waals surface area (Å²) in [5, 5.41) is 0.